The van der Waals surface area contributed by atoms with Crippen molar-refractivity contribution in [2.24, 2.45) is 0 Å². The topological polar surface area (TPSA) is 109 Å². The zero-order valence-corrected chi connectivity index (χ0v) is 18.7. The van der Waals surface area contributed by atoms with Crippen molar-refractivity contribution in [2.75, 3.05) is 0 Å². The number of aromatic nitrogens is 1. The van der Waals surface area contributed by atoms with E-state index in [2.05, 4.69) is 0 Å². The number of hydrogen-bond donors (Lipinski definition) is 2. The molecule has 11 heteroatoms. The Balaban J connectivity index is 1.60. The molecule has 2 atom stereocenters. The third kappa shape index (κ3) is 3.71. The van der Waals surface area contributed by atoms with E-state index in [9.17, 15) is 37.5 Å². The lowest BCUT2D eigenvalue weighted by Gasteiger charge is -2.29. The highest BCUT2D eigenvalue weighted by Crippen LogP contribution is 2.38. The highest BCUT2D eigenvalue weighted by atomic mass is 19.4. The number of halogens is 3. The molecule has 0 spiro atoms. The summed E-state index contributed by atoms with van der Waals surface area (Å²) in [4.78, 5) is 50.9. The normalized spacial score (nSPS) is 18.2. The number of fused-ring (bicyclic) bond motifs is 4. The standard InChI is InChI=1S/C25H20F3N3O5/c26-25(27,28)24(36)29-17-9-5-11-30-18-10-4-3-6-13(18)16(20(17)30)12-19(23(34)35)31-21(32)14-7-1-2-8-15(14)22(31)33/h1-4,6-8,10,17,19H,5,9,11-12H2,(H,29,36)(H,34,35)/t17?,19-/m0/s1. The van der Waals surface area contributed by atoms with Gasteiger partial charge in [0.25, 0.3) is 11.8 Å². The van der Waals surface area contributed by atoms with Gasteiger partial charge in [0.15, 0.2) is 0 Å². The zero-order valence-electron chi connectivity index (χ0n) is 18.7. The number of rotatable bonds is 5. The first kappa shape index (κ1) is 23.6. The van der Waals surface area contributed by atoms with Crippen molar-refractivity contribution in [1.82, 2.24) is 14.8 Å². The molecule has 186 valence electrons. The molecule has 3 aromatic rings. The molecule has 1 unspecified atom stereocenters. The SMILES string of the molecule is O=C(O)[C@H](Cc1c2n(c3ccccc13)CCCC2NC(=O)C(F)(F)F)N1C(=O)c2ccccc2C1=O. The van der Waals surface area contributed by atoms with Gasteiger partial charge in [-0.15, -0.1) is 0 Å². The van der Waals surface area contributed by atoms with Crippen LogP contribution in [0.4, 0.5) is 13.2 Å². The van der Waals surface area contributed by atoms with Crippen molar-refractivity contribution in [3.05, 3.63) is 70.9 Å². The number of benzene rings is 2. The summed E-state index contributed by atoms with van der Waals surface area (Å²) < 4.78 is 40.9. The molecule has 0 saturated carbocycles. The number of hydrogen-bond acceptors (Lipinski definition) is 4. The number of carboxylic acids is 1. The van der Waals surface area contributed by atoms with Crippen LogP contribution < -0.4 is 5.32 Å². The monoisotopic (exact) mass is 499 g/mol. The van der Waals surface area contributed by atoms with Crippen molar-refractivity contribution in [1.29, 1.82) is 0 Å². The fraction of sp³-hybridized carbons (Fsp3) is 0.280. The van der Waals surface area contributed by atoms with Gasteiger partial charge in [0.05, 0.1) is 17.2 Å². The lowest BCUT2D eigenvalue weighted by Crippen LogP contribution is -2.46. The molecule has 2 aromatic carbocycles. The number of amides is 3. The fourth-order valence-electron chi connectivity index (χ4n) is 5.19. The van der Waals surface area contributed by atoms with E-state index in [-0.39, 0.29) is 24.0 Å². The lowest BCUT2D eigenvalue weighted by molar-refractivity contribution is -0.174. The minimum absolute atomic E-state index is 0.0906. The second kappa shape index (κ2) is 8.51. The number of carbonyl (C=O) groups is 4. The average Bonchev–Trinajstić information content (AvgIpc) is 3.29. The Morgan fingerprint density at radius 3 is 2.25 bits per heavy atom. The maximum Gasteiger partial charge on any atom is 0.471 e. The Kier molecular flexibility index (Phi) is 5.57. The smallest absolute Gasteiger partial charge is 0.471 e. The van der Waals surface area contributed by atoms with Crippen molar-refractivity contribution in [3.63, 3.8) is 0 Å². The summed E-state index contributed by atoms with van der Waals surface area (Å²) in [5.41, 5.74) is 1.57. The largest absolute Gasteiger partial charge is 0.480 e. The Hall–Kier alpha value is -4.15. The molecule has 0 radical (unpaired) electrons. The molecule has 1 aromatic heterocycles. The first-order valence-electron chi connectivity index (χ1n) is 11.3. The van der Waals surface area contributed by atoms with Gasteiger partial charge in [-0.1, -0.05) is 30.3 Å². The highest BCUT2D eigenvalue weighted by Gasteiger charge is 2.45. The zero-order chi connectivity index (χ0) is 25.8. The second-order valence-corrected chi connectivity index (χ2v) is 8.78. The Morgan fingerprint density at radius 2 is 1.64 bits per heavy atom. The van der Waals surface area contributed by atoms with E-state index in [1.54, 1.807) is 41.0 Å². The minimum atomic E-state index is -5.09. The molecule has 0 bridgehead atoms. The summed E-state index contributed by atoms with van der Waals surface area (Å²) in [5, 5.41) is 12.7. The van der Waals surface area contributed by atoms with Crippen molar-refractivity contribution < 1.29 is 37.5 Å². The van der Waals surface area contributed by atoms with Crippen LogP contribution >= 0.6 is 0 Å². The molecule has 0 fully saturated rings. The molecule has 2 aliphatic heterocycles. The van der Waals surface area contributed by atoms with E-state index < -0.39 is 42.0 Å². The molecule has 5 rings (SSSR count). The van der Waals surface area contributed by atoms with Gasteiger partial charge in [-0.2, -0.15) is 13.2 Å². The van der Waals surface area contributed by atoms with Gasteiger partial charge in [0.2, 0.25) is 0 Å². The summed E-state index contributed by atoms with van der Waals surface area (Å²) >= 11 is 0. The van der Waals surface area contributed by atoms with Crippen molar-refractivity contribution in [2.45, 2.75) is 44.1 Å². The van der Waals surface area contributed by atoms with Gasteiger partial charge >= 0.3 is 18.1 Å². The van der Waals surface area contributed by atoms with Gasteiger partial charge in [0.1, 0.15) is 6.04 Å². The van der Waals surface area contributed by atoms with Crippen LogP contribution in [0.5, 0.6) is 0 Å². The quantitative estimate of drug-likeness (QED) is 0.523. The molecule has 0 saturated heterocycles. The number of nitrogens with one attached hydrogen (secondary N) is 1. The van der Waals surface area contributed by atoms with Gasteiger partial charge in [0, 0.05) is 29.6 Å². The number of aryl methyl sites for hydroxylation is 1. The van der Waals surface area contributed by atoms with Crippen molar-refractivity contribution >= 4 is 34.6 Å². The van der Waals surface area contributed by atoms with Crippen LogP contribution in [0.3, 0.4) is 0 Å². The van der Waals surface area contributed by atoms with Crippen LogP contribution in [0.25, 0.3) is 10.9 Å². The van der Waals surface area contributed by atoms with Gasteiger partial charge in [-0.05, 0) is 36.6 Å². The molecule has 3 heterocycles. The minimum Gasteiger partial charge on any atom is -0.480 e. The number of aliphatic carboxylic acids is 1. The molecule has 36 heavy (non-hydrogen) atoms. The number of para-hydroxylation sites is 1. The number of imide groups is 1. The predicted molar refractivity (Wildman–Crippen MR) is 120 cm³/mol. The Labute approximate surface area is 202 Å². The summed E-state index contributed by atoms with van der Waals surface area (Å²) in [6, 6.07) is 10.3. The number of alkyl halides is 3. The second-order valence-electron chi connectivity index (χ2n) is 8.78. The first-order chi connectivity index (χ1) is 17.1. The Bertz CT molecular complexity index is 1390. The third-order valence-corrected chi connectivity index (χ3v) is 6.71. The summed E-state index contributed by atoms with van der Waals surface area (Å²) in [7, 11) is 0. The van der Waals surface area contributed by atoms with Crippen LogP contribution in [-0.2, 0) is 22.6 Å². The van der Waals surface area contributed by atoms with Gasteiger partial charge in [-0.25, -0.2) is 4.79 Å². The van der Waals surface area contributed by atoms with Crippen LogP contribution in [0.2, 0.25) is 0 Å². The Morgan fingerprint density at radius 1 is 1.03 bits per heavy atom. The van der Waals surface area contributed by atoms with Crippen LogP contribution in [0.15, 0.2) is 48.5 Å². The van der Waals surface area contributed by atoms with Gasteiger partial charge < -0.3 is 15.0 Å². The first-order valence-corrected chi connectivity index (χ1v) is 11.3. The van der Waals surface area contributed by atoms with E-state index in [0.717, 1.165) is 0 Å². The fourth-order valence-corrected chi connectivity index (χ4v) is 5.19. The maximum absolute atomic E-state index is 13.0. The number of nitrogens with zero attached hydrogens (tertiary/aromatic N) is 2. The molecule has 2 N–H and O–H groups in total. The van der Waals surface area contributed by atoms with Crippen LogP contribution in [0, 0.1) is 0 Å². The molecule has 0 aliphatic carbocycles. The molecular formula is C25H20F3N3O5. The number of carbonyl (C=O) groups excluding carboxylic acids is 3. The van der Waals surface area contributed by atoms with E-state index in [1.807, 2.05) is 5.32 Å². The predicted octanol–water partition coefficient (Wildman–Crippen LogP) is 3.45. The van der Waals surface area contributed by atoms with Crippen molar-refractivity contribution in [3.8, 4) is 0 Å². The van der Waals surface area contributed by atoms with Crippen LogP contribution in [0.1, 0.15) is 50.9 Å². The molecule has 8 nitrogen and oxygen atoms in total. The maximum atomic E-state index is 13.0. The molecular weight excluding hydrogens is 479 g/mol. The number of carboxylic acid groups (broad SMARTS) is 1. The van der Waals surface area contributed by atoms with Crippen LogP contribution in [-0.4, -0.2) is 50.5 Å². The summed E-state index contributed by atoms with van der Waals surface area (Å²) in [6.07, 6.45) is -4.70. The summed E-state index contributed by atoms with van der Waals surface area (Å²) in [5.74, 6) is -5.02. The average molecular weight is 499 g/mol. The lowest BCUT2D eigenvalue weighted by atomic mass is 9.95. The summed E-state index contributed by atoms with van der Waals surface area (Å²) in [6.45, 7) is 0.457. The van der Waals surface area contributed by atoms with E-state index >= 15 is 0 Å². The van der Waals surface area contributed by atoms with E-state index in [1.165, 1.54) is 12.1 Å². The molecule has 3 amide bonds. The van der Waals surface area contributed by atoms with Gasteiger partial charge in [-0.3, -0.25) is 19.3 Å². The van der Waals surface area contributed by atoms with E-state index in [4.69, 9.17) is 0 Å². The third-order valence-electron chi connectivity index (χ3n) is 6.71. The van der Waals surface area contributed by atoms with E-state index in [0.29, 0.717) is 40.0 Å². The molecule has 2 aliphatic rings. The highest BCUT2D eigenvalue weighted by molar-refractivity contribution is 6.22.